The number of carbonyl (C=O) groups excluding carboxylic acids is 1. The number of carbonyl (C=O) groups is 1. The molecule has 1 N–H and O–H groups in total. The number of anilines is 1. The predicted octanol–water partition coefficient (Wildman–Crippen LogP) is 4.88. The van der Waals surface area contributed by atoms with Gasteiger partial charge in [0.25, 0.3) is 11.6 Å². The van der Waals surface area contributed by atoms with E-state index in [-0.39, 0.29) is 18.1 Å². The molecule has 33 heavy (non-hydrogen) atoms. The zero-order valence-electron chi connectivity index (χ0n) is 18.1. The van der Waals surface area contributed by atoms with Crippen molar-refractivity contribution >= 4 is 17.3 Å². The van der Waals surface area contributed by atoms with Crippen molar-refractivity contribution < 1.29 is 18.9 Å². The van der Waals surface area contributed by atoms with Crippen molar-refractivity contribution in [1.82, 2.24) is 9.78 Å². The van der Waals surface area contributed by atoms with E-state index in [0.29, 0.717) is 29.3 Å². The highest BCUT2D eigenvalue weighted by atomic mass is 16.6. The molecule has 9 nitrogen and oxygen atoms in total. The largest absolute Gasteiger partial charge is 0.486 e. The van der Waals surface area contributed by atoms with Gasteiger partial charge in [-0.1, -0.05) is 24.3 Å². The van der Waals surface area contributed by atoms with Crippen LogP contribution in [0.3, 0.4) is 0 Å². The molecule has 0 aliphatic carbocycles. The average Bonchev–Trinajstić information content (AvgIpc) is 3.43. The standard InChI is InChI=1S/C24H22N4O5/c1-16-5-3-4-6-18(16)13-27-14-19(12-25-27)26-24(29)23-10-8-21(33-23)15-32-20-7-9-22(28(30)31)17(2)11-20/h3-12,14H,13,15H2,1-2H3,(H,26,29). The van der Waals surface area contributed by atoms with Gasteiger partial charge in [0.2, 0.25) is 0 Å². The van der Waals surface area contributed by atoms with Gasteiger partial charge in [0.05, 0.1) is 23.4 Å². The van der Waals surface area contributed by atoms with Gasteiger partial charge >= 0.3 is 0 Å². The van der Waals surface area contributed by atoms with E-state index >= 15 is 0 Å². The van der Waals surface area contributed by atoms with Gasteiger partial charge in [-0.15, -0.1) is 0 Å². The lowest BCUT2D eigenvalue weighted by atomic mass is 10.1. The molecule has 0 fully saturated rings. The first-order valence-electron chi connectivity index (χ1n) is 10.2. The van der Waals surface area contributed by atoms with Crippen molar-refractivity contribution in [2.75, 3.05) is 5.32 Å². The van der Waals surface area contributed by atoms with Crippen LogP contribution in [0.25, 0.3) is 0 Å². The van der Waals surface area contributed by atoms with E-state index in [0.717, 1.165) is 5.56 Å². The van der Waals surface area contributed by atoms with Crippen molar-refractivity contribution in [3.63, 3.8) is 0 Å². The molecular weight excluding hydrogens is 424 g/mol. The van der Waals surface area contributed by atoms with Crippen molar-refractivity contribution in [1.29, 1.82) is 0 Å². The van der Waals surface area contributed by atoms with Crippen LogP contribution in [0.15, 0.2) is 71.4 Å². The number of nitro benzene ring substituents is 1. The molecule has 0 saturated heterocycles. The molecule has 0 aliphatic rings. The van der Waals surface area contributed by atoms with Gasteiger partial charge < -0.3 is 14.5 Å². The average molecular weight is 446 g/mol. The lowest BCUT2D eigenvalue weighted by Crippen LogP contribution is -2.10. The molecule has 2 heterocycles. The zero-order valence-corrected chi connectivity index (χ0v) is 18.1. The number of hydrogen-bond donors (Lipinski definition) is 1. The SMILES string of the molecule is Cc1ccccc1Cn1cc(NC(=O)c2ccc(COc3ccc([N+](=O)[O-])c(C)c3)o2)cn1. The second-order valence-corrected chi connectivity index (χ2v) is 7.57. The molecule has 4 aromatic rings. The number of benzene rings is 2. The van der Waals surface area contributed by atoms with E-state index in [1.807, 2.05) is 31.2 Å². The zero-order chi connectivity index (χ0) is 23.4. The fourth-order valence-corrected chi connectivity index (χ4v) is 3.32. The van der Waals surface area contributed by atoms with E-state index in [9.17, 15) is 14.9 Å². The minimum Gasteiger partial charge on any atom is -0.486 e. The third-order valence-corrected chi connectivity index (χ3v) is 5.12. The summed E-state index contributed by atoms with van der Waals surface area (Å²) in [6, 6.07) is 15.8. The number of nitrogens with one attached hydrogen (secondary N) is 1. The lowest BCUT2D eigenvalue weighted by Gasteiger charge is -2.06. The topological polar surface area (TPSA) is 112 Å². The van der Waals surface area contributed by atoms with Gasteiger partial charge in [-0.3, -0.25) is 19.6 Å². The van der Waals surface area contributed by atoms with Gasteiger partial charge in [-0.25, -0.2) is 0 Å². The van der Waals surface area contributed by atoms with Crippen LogP contribution in [-0.4, -0.2) is 20.6 Å². The quantitative estimate of drug-likeness (QED) is 0.305. The van der Waals surface area contributed by atoms with Crippen molar-refractivity contribution in [2.24, 2.45) is 0 Å². The van der Waals surface area contributed by atoms with Crippen LogP contribution in [0.1, 0.15) is 33.0 Å². The number of hydrogen-bond acceptors (Lipinski definition) is 6. The second-order valence-electron chi connectivity index (χ2n) is 7.57. The number of ether oxygens (including phenoxy) is 1. The normalized spacial score (nSPS) is 10.7. The third-order valence-electron chi connectivity index (χ3n) is 5.12. The number of nitrogens with zero attached hydrogens (tertiary/aromatic N) is 3. The molecule has 0 unspecified atom stereocenters. The minimum atomic E-state index is -0.442. The molecule has 168 valence electrons. The molecular formula is C24H22N4O5. The Bertz CT molecular complexity index is 1310. The first kappa shape index (κ1) is 21.8. The fraction of sp³-hybridized carbons (Fsp3) is 0.167. The molecule has 0 radical (unpaired) electrons. The summed E-state index contributed by atoms with van der Waals surface area (Å²) in [6.45, 7) is 4.37. The third kappa shape index (κ3) is 5.27. The first-order chi connectivity index (χ1) is 15.9. The number of nitro groups is 1. The summed E-state index contributed by atoms with van der Waals surface area (Å²) in [7, 11) is 0. The van der Waals surface area contributed by atoms with Crippen molar-refractivity contribution in [3.8, 4) is 5.75 Å². The summed E-state index contributed by atoms with van der Waals surface area (Å²) >= 11 is 0. The van der Waals surface area contributed by atoms with E-state index in [1.54, 1.807) is 42.2 Å². The molecule has 1 amide bonds. The second kappa shape index (κ2) is 9.39. The number of rotatable bonds is 8. The highest BCUT2D eigenvalue weighted by Crippen LogP contribution is 2.24. The van der Waals surface area contributed by atoms with Crippen LogP contribution in [0, 0.1) is 24.0 Å². The summed E-state index contributed by atoms with van der Waals surface area (Å²) in [5.74, 6) is 0.663. The van der Waals surface area contributed by atoms with Crippen LogP contribution in [0.5, 0.6) is 5.75 Å². The molecule has 2 aromatic carbocycles. The predicted molar refractivity (Wildman–Crippen MR) is 121 cm³/mol. The van der Waals surface area contributed by atoms with Gasteiger partial charge in [0.1, 0.15) is 18.1 Å². The number of aromatic nitrogens is 2. The molecule has 0 spiro atoms. The molecule has 0 atom stereocenters. The van der Waals surface area contributed by atoms with Crippen LogP contribution in [0.4, 0.5) is 11.4 Å². The van der Waals surface area contributed by atoms with Gasteiger partial charge in [-0.2, -0.15) is 5.10 Å². The first-order valence-corrected chi connectivity index (χ1v) is 10.2. The molecule has 0 bridgehead atoms. The van der Waals surface area contributed by atoms with Gasteiger partial charge in [0.15, 0.2) is 5.76 Å². The summed E-state index contributed by atoms with van der Waals surface area (Å²) in [5, 5.41) is 18.0. The Hall–Kier alpha value is -4.40. The Labute approximate surface area is 189 Å². The summed E-state index contributed by atoms with van der Waals surface area (Å²) < 4.78 is 13.0. The number of aryl methyl sites for hydroxylation is 2. The highest BCUT2D eigenvalue weighted by molar-refractivity contribution is 6.02. The van der Waals surface area contributed by atoms with Crippen LogP contribution >= 0.6 is 0 Å². The maximum Gasteiger partial charge on any atom is 0.291 e. The highest BCUT2D eigenvalue weighted by Gasteiger charge is 2.14. The number of furan rings is 1. The smallest absolute Gasteiger partial charge is 0.291 e. The number of amides is 1. The van der Waals surface area contributed by atoms with Crippen LogP contribution in [-0.2, 0) is 13.2 Å². The Morgan fingerprint density at radius 2 is 1.97 bits per heavy atom. The summed E-state index contributed by atoms with van der Waals surface area (Å²) in [6.07, 6.45) is 3.34. The molecule has 4 rings (SSSR count). The van der Waals surface area contributed by atoms with E-state index in [4.69, 9.17) is 9.15 Å². The van der Waals surface area contributed by atoms with E-state index in [1.165, 1.54) is 17.7 Å². The Morgan fingerprint density at radius 1 is 1.15 bits per heavy atom. The molecule has 0 aliphatic heterocycles. The fourth-order valence-electron chi connectivity index (χ4n) is 3.32. The monoisotopic (exact) mass is 446 g/mol. The molecule has 2 aromatic heterocycles. The van der Waals surface area contributed by atoms with Crippen molar-refractivity contribution in [3.05, 3.63) is 105 Å². The van der Waals surface area contributed by atoms with Crippen LogP contribution in [0.2, 0.25) is 0 Å². The van der Waals surface area contributed by atoms with Crippen LogP contribution < -0.4 is 10.1 Å². The summed E-state index contributed by atoms with van der Waals surface area (Å²) in [5.41, 5.74) is 3.41. The maximum absolute atomic E-state index is 12.5. The van der Waals surface area contributed by atoms with E-state index in [2.05, 4.69) is 10.4 Å². The van der Waals surface area contributed by atoms with E-state index < -0.39 is 10.8 Å². The Balaban J connectivity index is 1.34. The molecule has 0 saturated carbocycles. The Kier molecular flexibility index (Phi) is 6.21. The van der Waals surface area contributed by atoms with Gasteiger partial charge in [0, 0.05) is 17.8 Å². The minimum absolute atomic E-state index is 0.0292. The van der Waals surface area contributed by atoms with Crippen molar-refractivity contribution in [2.45, 2.75) is 27.0 Å². The lowest BCUT2D eigenvalue weighted by molar-refractivity contribution is -0.385. The maximum atomic E-state index is 12.5. The van der Waals surface area contributed by atoms with Gasteiger partial charge in [-0.05, 0) is 49.2 Å². The summed E-state index contributed by atoms with van der Waals surface area (Å²) in [4.78, 5) is 23.0. The Morgan fingerprint density at radius 3 is 2.73 bits per heavy atom. The molecule has 9 heteroatoms.